The van der Waals surface area contributed by atoms with Crippen LogP contribution in [0.4, 0.5) is 0 Å². The van der Waals surface area contributed by atoms with Crippen molar-refractivity contribution >= 4 is 0 Å². The minimum absolute atomic E-state index is 0.0713. The highest BCUT2D eigenvalue weighted by molar-refractivity contribution is 5.29. The van der Waals surface area contributed by atoms with E-state index in [-0.39, 0.29) is 18.6 Å². The summed E-state index contributed by atoms with van der Waals surface area (Å²) in [5, 5.41) is 34.7. The van der Waals surface area contributed by atoms with Gasteiger partial charge < -0.3 is 20.1 Å². The van der Waals surface area contributed by atoms with Gasteiger partial charge in [-0.1, -0.05) is 47.0 Å². The molecule has 6 aliphatic rings. The van der Waals surface area contributed by atoms with Crippen molar-refractivity contribution in [1.29, 1.82) is 0 Å². The predicted molar refractivity (Wildman–Crippen MR) is 131 cm³/mol. The van der Waals surface area contributed by atoms with Gasteiger partial charge >= 0.3 is 0 Å². The molecule has 0 aromatic heterocycles. The van der Waals surface area contributed by atoms with Gasteiger partial charge in [-0.15, -0.1) is 0 Å². The van der Waals surface area contributed by atoms with Crippen molar-refractivity contribution in [2.75, 3.05) is 0 Å². The number of rotatable bonds is 5. The van der Waals surface area contributed by atoms with E-state index in [9.17, 15) is 15.3 Å². The molecule has 4 heteroatoms. The molecule has 2 saturated heterocycles. The zero-order chi connectivity index (χ0) is 24.0. The van der Waals surface area contributed by atoms with Crippen molar-refractivity contribution < 1.29 is 20.1 Å². The molecule has 3 N–H and O–H groups in total. The Balaban J connectivity index is 1.46. The Hall–Kier alpha value is -0.160. The van der Waals surface area contributed by atoms with E-state index in [1.807, 2.05) is 6.92 Å². The first-order valence-corrected chi connectivity index (χ1v) is 14.2. The van der Waals surface area contributed by atoms with Crippen molar-refractivity contribution in [2.24, 2.45) is 46.3 Å². The molecule has 4 saturated carbocycles. The van der Waals surface area contributed by atoms with Crippen molar-refractivity contribution in [2.45, 2.75) is 135 Å². The number of fused-ring (bicyclic) bond motifs is 2. The number of aliphatic hydroxyl groups is 3. The Morgan fingerprint density at radius 2 is 1.67 bits per heavy atom. The maximum Gasteiger partial charge on any atom is 0.118 e. The maximum atomic E-state index is 12.2. The predicted octanol–water partition coefficient (Wildman–Crippen LogP) is 5.32. The summed E-state index contributed by atoms with van der Waals surface area (Å²) in [6, 6.07) is 0. The van der Waals surface area contributed by atoms with Crippen LogP contribution in [0.2, 0.25) is 0 Å². The molecular formula is C29H50O4. The first kappa shape index (κ1) is 24.5. The van der Waals surface area contributed by atoms with Crippen molar-refractivity contribution in [1.82, 2.24) is 0 Å². The highest BCUT2D eigenvalue weighted by atomic mass is 16.5. The van der Waals surface area contributed by atoms with Gasteiger partial charge in [0.25, 0.3) is 0 Å². The van der Waals surface area contributed by atoms with E-state index < -0.39 is 22.7 Å². The third-order valence-corrected chi connectivity index (χ3v) is 12.2. The van der Waals surface area contributed by atoms with Gasteiger partial charge in [-0.05, 0) is 93.3 Å². The quantitative estimate of drug-likeness (QED) is 0.517. The van der Waals surface area contributed by atoms with Crippen LogP contribution in [0.25, 0.3) is 0 Å². The van der Waals surface area contributed by atoms with E-state index in [1.165, 1.54) is 38.5 Å². The summed E-state index contributed by atoms with van der Waals surface area (Å²) in [4.78, 5) is 0. The minimum Gasteiger partial charge on any atom is -0.393 e. The first-order chi connectivity index (χ1) is 15.4. The molecule has 2 aliphatic heterocycles. The Morgan fingerprint density at radius 3 is 2.36 bits per heavy atom. The molecule has 6 rings (SSSR count). The van der Waals surface area contributed by atoms with Crippen LogP contribution in [0.1, 0.15) is 106 Å². The van der Waals surface area contributed by atoms with Crippen LogP contribution in [0, 0.1) is 46.3 Å². The zero-order valence-corrected chi connectivity index (χ0v) is 22.0. The Labute approximate surface area is 201 Å². The lowest BCUT2D eigenvalue weighted by Crippen LogP contribution is -2.85. The van der Waals surface area contributed by atoms with Gasteiger partial charge in [0, 0.05) is 11.8 Å². The fourth-order valence-corrected chi connectivity index (χ4v) is 10.7. The van der Waals surface area contributed by atoms with Crippen molar-refractivity contribution in [3.05, 3.63) is 0 Å². The number of hydrogen-bond donors (Lipinski definition) is 3. The molecule has 2 bridgehead atoms. The Kier molecular flexibility index (Phi) is 5.89. The Bertz CT molecular complexity index is 750. The molecule has 1 spiro atoms. The average Bonchev–Trinajstić information content (AvgIpc) is 3.08. The largest absolute Gasteiger partial charge is 0.393 e. The standard InChI is InChI=1S/C29H50O4/c1-17(2)8-7-9-18(3)21-10-11-22-24-23(13-14-26(21,22)5)28-15-12-20(30)16-29(28,32)27(6,31)25(24)33-19(28)4/h17-25,30-32H,7-16H2,1-6H3/t18-,19-,20+,21-,22+,23+,24+,25-,26-,27?,28+,29+/m1/s1. The molecule has 0 amide bonds. The molecule has 4 aliphatic carbocycles. The summed E-state index contributed by atoms with van der Waals surface area (Å²) in [6.07, 6.45) is 9.69. The normalized spacial score (nSPS) is 56.4. The van der Waals surface area contributed by atoms with E-state index >= 15 is 0 Å². The molecule has 0 radical (unpaired) electrons. The van der Waals surface area contributed by atoms with Gasteiger partial charge in [-0.2, -0.15) is 0 Å². The molecular weight excluding hydrogens is 412 g/mol. The number of ether oxygens (including phenoxy) is 1. The van der Waals surface area contributed by atoms with Crippen LogP contribution in [0.3, 0.4) is 0 Å². The van der Waals surface area contributed by atoms with Gasteiger partial charge in [-0.25, -0.2) is 0 Å². The third kappa shape index (κ3) is 3.09. The van der Waals surface area contributed by atoms with Crippen LogP contribution in [0.5, 0.6) is 0 Å². The van der Waals surface area contributed by atoms with Crippen LogP contribution in [-0.4, -0.2) is 44.8 Å². The highest BCUT2D eigenvalue weighted by Gasteiger charge is 2.80. The van der Waals surface area contributed by atoms with Crippen LogP contribution >= 0.6 is 0 Å². The lowest BCUT2D eigenvalue weighted by Gasteiger charge is -2.76. The summed E-state index contributed by atoms with van der Waals surface area (Å²) < 4.78 is 6.68. The van der Waals surface area contributed by atoms with Gasteiger partial charge in [-0.3, -0.25) is 0 Å². The van der Waals surface area contributed by atoms with Gasteiger partial charge in [0.2, 0.25) is 0 Å². The fraction of sp³-hybridized carbons (Fsp3) is 1.00. The molecule has 12 atom stereocenters. The lowest BCUT2D eigenvalue weighted by molar-refractivity contribution is -0.417. The number of aliphatic hydroxyl groups excluding tert-OH is 1. The van der Waals surface area contributed by atoms with E-state index in [4.69, 9.17) is 4.74 Å². The molecule has 6 fully saturated rings. The van der Waals surface area contributed by atoms with Gasteiger partial charge in [0.05, 0.1) is 18.3 Å². The average molecular weight is 463 g/mol. The maximum absolute atomic E-state index is 12.2. The Morgan fingerprint density at radius 1 is 0.939 bits per heavy atom. The highest BCUT2D eigenvalue weighted by Crippen LogP contribution is 2.74. The molecule has 2 heterocycles. The second-order valence-electron chi connectivity index (χ2n) is 14.0. The SMILES string of the molecule is CC(C)CCC[C@@H](C)[C@H]1CC[C@H]2[C@@H]3[C@H]4O[C@H](C)[C@@]5(CC[C@H](O)C[C@]5(O)C4(C)O)[C@H]3CC[C@]12C. The first-order valence-electron chi connectivity index (χ1n) is 14.2. The van der Waals surface area contributed by atoms with Crippen LogP contribution < -0.4 is 0 Å². The molecule has 33 heavy (non-hydrogen) atoms. The summed E-state index contributed by atoms with van der Waals surface area (Å²) in [5.74, 6) is 3.55. The van der Waals surface area contributed by atoms with E-state index in [0.717, 1.165) is 30.6 Å². The molecule has 190 valence electrons. The lowest BCUT2D eigenvalue weighted by atomic mass is 9.36. The summed E-state index contributed by atoms with van der Waals surface area (Å²) in [7, 11) is 0. The molecule has 0 aromatic rings. The molecule has 1 unspecified atom stereocenters. The van der Waals surface area contributed by atoms with E-state index in [2.05, 4.69) is 34.6 Å². The zero-order valence-electron chi connectivity index (χ0n) is 22.0. The second-order valence-corrected chi connectivity index (χ2v) is 14.0. The van der Waals surface area contributed by atoms with Crippen LogP contribution in [-0.2, 0) is 4.74 Å². The monoisotopic (exact) mass is 462 g/mol. The molecule has 4 nitrogen and oxygen atoms in total. The summed E-state index contributed by atoms with van der Waals surface area (Å²) >= 11 is 0. The van der Waals surface area contributed by atoms with Crippen LogP contribution in [0.15, 0.2) is 0 Å². The molecule has 0 aromatic carbocycles. The second kappa shape index (κ2) is 7.92. The number of hydrogen-bond acceptors (Lipinski definition) is 4. The van der Waals surface area contributed by atoms with E-state index in [0.29, 0.717) is 29.6 Å². The minimum atomic E-state index is -1.32. The fourth-order valence-electron chi connectivity index (χ4n) is 10.7. The summed E-state index contributed by atoms with van der Waals surface area (Å²) in [5.41, 5.74) is -2.72. The van der Waals surface area contributed by atoms with Crippen molar-refractivity contribution in [3.63, 3.8) is 0 Å². The topological polar surface area (TPSA) is 69.9 Å². The third-order valence-electron chi connectivity index (χ3n) is 12.2. The summed E-state index contributed by atoms with van der Waals surface area (Å²) in [6.45, 7) is 13.7. The van der Waals surface area contributed by atoms with E-state index in [1.54, 1.807) is 0 Å². The smallest absolute Gasteiger partial charge is 0.118 e. The van der Waals surface area contributed by atoms with Gasteiger partial charge in [0.15, 0.2) is 0 Å². The van der Waals surface area contributed by atoms with Gasteiger partial charge in [0.1, 0.15) is 11.2 Å². The van der Waals surface area contributed by atoms with Crippen molar-refractivity contribution in [3.8, 4) is 0 Å².